The van der Waals surface area contributed by atoms with Gasteiger partial charge in [0.25, 0.3) is 5.56 Å². The highest BCUT2D eigenvalue weighted by molar-refractivity contribution is 5.85. The zero-order chi connectivity index (χ0) is 15.6. The van der Waals surface area contributed by atoms with E-state index in [1.54, 1.807) is 11.8 Å². The first-order valence-corrected chi connectivity index (χ1v) is 6.63. The molecule has 9 nitrogen and oxygen atoms in total. The maximum Gasteiger partial charge on any atom is 0.329 e. The molecule has 1 aliphatic heterocycles. The van der Waals surface area contributed by atoms with E-state index in [1.165, 1.54) is 7.05 Å². The van der Waals surface area contributed by atoms with Crippen molar-refractivity contribution in [2.75, 3.05) is 37.4 Å². The minimum Gasteiger partial charge on any atom is -0.383 e. The first-order valence-electron chi connectivity index (χ1n) is 6.63. The highest BCUT2D eigenvalue weighted by Gasteiger charge is 2.24. The number of carbonyl (C=O) groups excluding carboxylic acids is 1. The number of rotatable bonds is 3. The third-order valence-corrected chi connectivity index (χ3v) is 3.42. The van der Waals surface area contributed by atoms with Crippen LogP contribution in [0.15, 0.2) is 9.59 Å². The van der Waals surface area contributed by atoms with E-state index in [1.807, 2.05) is 0 Å². The minimum atomic E-state index is -0.641. The topological polar surface area (TPSA) is 122 Å². The zero-order valence-electron chi connectivity index (χ0n) is 12.0. The van der Waals surface area contributed by atoms with E-state index < -0.39 is 17.3 Å². The lowest BCUT2D eigenvalue weighted by atomic mass is 10.2. The summed E-state index contributed by atoms with van der Waals surface area (Å²) in [7, 11) is 1.44. The smallest absolute Gasteiger partial charge is 0.329 e. The summed E-state index contributed by atoms with van der Waals surface area (Å²) in [5, 5.41) is 2.78. The molecule has 2 rings (SSSR count). The number of nitrogens with zero attached hydrogens (tertiary/aromatic N) is 2. The zero-order valence-corrected chi connectivity index (χ0v) is 12.0. The van der Waals surface area contributed by atoms with Crippen molar-refractivity contribution in [2.24, 2.45) is 7.05 Å². The Bertz CT molecular complexity index is 644. The van der Waals surface area contributed by atoms with Crippen LogP contribution in [0, 0.1) is 0 Å². The van der Waals surface area contributed by atoms with E-state index in [0.29, 0.717) is 26.3 Å². The average molecular weight is 297 g/mol. The van der Waals surface area contributed by atoms with Gasteiger partial charge in [0.2, 0.25) is 5.91 Å². The van der Waals surface area contributed by atoms with Crippen LogP contribution in [-0.2, 0) is 16.6 Å². The van der Waals surface area contributed by atoms with Crippen LogP contribution in [0.25, 0.3) is 0 Å². The molecule has 21 heavy (non-hydrogen) atoms. The number of nitrogens with two attached hydrogens (primary N) is 1. The van der Waals surface area contributed by atoms with Gasteiger partial charge in [-0.1, -0.05) is 0 Å². The Kier molecular flexibility index (Phi) is 4.32. The maximum absolute atomic E-state index is 12.3. The summed E-state index contributed by atoms with van der Waals surface area (Å²) in [6.45, 7) is 3.68. The minimum absolute atomic E-state index is 0.00891. The van der Waals surface area contributed by atoms with Crippen molar-refractivity contribution in [1.29, 1.82) is 0 Å². The Morgan fingerprint density at radius 2 is 2.00 bits per heavy atom. The summed E-state index contributed by atoms with van der Waals surface area (Å²) < 4.78 is 6.29. The van der Waals surface area contributed by atoms with Gasteiger partial charge >= 0.3 is 5.69 Å². The van der Waals surface area contributed by atoms with Gasteiger partial charge in [0, 0.05) is 20.1 Å². The molecule has 1 amide bonds. The van der Waals surface area contributed by atoms with Crippen molar-refractivity contribution in [3.63, 3.8) is 0 Å². The van der Waals surface area contributed by atoms with Crippen molar-refractivity contribution in [3.8, 4) is 0 Å². The van der Waals surface area contributed by atoms with Crippen LogP contribution in [0.3, 0.4) is 0 Å². The van der Waals surface area contributed by atoms with Crippen molar-refractivity contribution in [1.82, 2.24) is 14.5 Å². The molecule has 1 fully saturated rings. The molecule has 1 unspecified atom stereocenters. The van der Waals surface area contributed by atoms with Crippen molar-refractivity contribution < 1.29 is 9.53 Å². The van der Waals surface area contributed by atoms with Crippen LogP contribution in [0.1, 0.15) is 6.92 Å². The summed E-state index contributed by atoms with van der Waals surface area (Å²) in [6.07, 6.45) is 0. The van der Waals surface area contributed by atoms with Gasteiger partial charge in [0.15, 0.2) is 0 Å². The number of morpholine rings is 1. The summed E-state index contributed by atoms with van der Waals surface area (Å²) >= 11 is 0. The van der Waals surface area contributed by atoms with Crippen LogP contribution >= 0.6 is 0 Å². The summed E-state index contributed by atoms with van der Waals surface area (Å²) in [5.41, 5.74) is 4.52. The molecular weight excluding hydrogens is 278 g/mol. The largest absolute Gasteiger partial charge is 0.383 e. The molecule has 0 aromatic carbocycles. The second-order valence-electron chi connectivity index (χ2n) is 4.88. The third kappa shape index (κ3) is 3.07. The number of ether oxygens (including phenoxy) is 1. The average Bonchev–Trinajstić information content (AvgIpc) is 2.49. The number of hydrogen-bond acceptors (Lipinski definition) is 6. The molecule has 1 aromatic heterocycles. The lowest BCUT2D eigenvalue weighted by Crippen LogP contribution is -2.47. The molecule has 9 heteroatoms. The van der Waals surface area contributed by atoms with Crippen molar-refractivity contribution in [2.45, 2.75) is 13.0 Å². The molecule has 4 N–H and O–H groups in total. The number of amides is 1. The van der Waals surface area contributed by atoms with Crippen LogP contribution in [0.2, 0.25) is 0 Å². The van der Waals surface area contributed by atoms with Crippen LogP contribution < -0.4 is 22.3 Å². The quantitative estimate of drug-likeness (QED) is 0.612. The molecule has 0 radical (unpaired) electrons. The van der Waals surface area contributed by atoms with Gasteiger partial charge in [-0.25, -0.2) is 4.79 Å². The van der Waals surface area contributed by atoms with Gasteiger partial charge in [-0.3, -0.25) is 19.1 Å². The lowest BCUT2D eigenvalue weighted by Gasteiger charge is -2.29. The normalized spacial score (nSPS) is 16.6. The monoisotopic (exact) mass is 297 g/mol. The molecule has 1 atom stereocenters. The van der Waals surface area contributed by atoms with Crippen LogP contribution in [0.4, 0.5) is 11.5 Å². The molecule has 0 spiro atoms. The van der Waals surface area contributed by atoms with E-state index >= 15 is 0 Å². The van der Waals surface area contributed by atoms with Crippen molar-refractivity contribution >= 4 is 17.4 Å². The molecule has 1 aliphatic rings. The van der Waals surface area contributed by atoms with E-state index in [9.17, 15) is 14.4 Å². The molecular formula is C12H19N5O4. The molecule has 0 saturated carbocycles. The fraction of sp³-hybridized carbons (Fsp3) is 0.583. The first-order chi connectivity index (χ1) is 9.91. The van der Waals surface area contributed by atoms with Gasteiger partial charge in [0.05, 0.1) is 13.2 Å². The molecule has 0 bridgehead atoms. The number of carbonyl (C=O) groups is 1. The Labute approximate surface area is 120 Å². The van der Waals surface area contributed by atoms with Gasteiger partial charge in [0.1, 0.15) is 17.5 Å². The van der Waals surface area contributed by atoms with Crippen LogP contribution in [-0.4, -0.2) is 52.7 Å². The second kappa shape index (κ2) is 6.00. The Morgan fingerprint density at radius 3 is 2.62 bits per heavy atom. The second-order valence-corrected chi connectivity index (χ2v) is 4.88. The summed E-state index contributed by atoms with van der Waals surface area (Å²) in [5.74, 6) is -0.156. The molecule has 0 aliphatic carbocycles. The van der Waals surface area contributed by atoms with Gasteiger partial charge in [-0.05, 0) is 6.92 Å². The highest BCUT2D eigenvalue weighted by atomic mass is 16.5. The third-order valence-electron chi connectivity index (χ3n) is 3.42. The fourth-order valence-electron chi connectivity index (χ4n) is 2.11. The molecule has 2 heterocycles. The predicted octanol–water partition coefficient (Wildman–Crippen LogP) is -1.68. The summed E-state index contributed by atoms with van der Waals surface area (Å²) in [6, 6.07) is -0.635. The number of hydrogen-bond donors (Lipinski definition) is 3. The Balaban J connectivity index is 2.18. The summed E-state index contributed by atoms with van der Waals surface area (Å²) in [4.78, 5) is 39.2. The van der Waals surface area contributed by atoms with Gasteiger partial charge in [-0.15, -0.1) is 0 Å². The number of H-pyrrole nitrogens is 1. The van der Waals surface area contributed by atoms with Crippen LogP contribution in [0.5, 0.6) is 0 Å². The number of aromatic nitrogens is 2. The fourth-order valence-corrected chi connectivity index (χ4v) is 2.11. The van der Waals surface area contributed by atoms with E-state index in [0.717, 1.165) is 4.57 Å². The Morgan fingerprint density at radius 1 is 1.38 bits per heavy atom. The lowest BCUT2D eigenvalue weighted by molar-refractivity contribution is -0.135. The maximum atomic E-state index is 12.3. The molecule has 1 aromatic rings. The molecule has 116 valence electrons. The van der Waals surface area contributed by atoms with Crippen molar-refractivity contribution in [3.05, 3.63) is 20.8 Å². The number of nitrogens with one attached hydrogen (secondary N) is 2. The van der Waals surface area contributed by atoms with E-state index in [4.69, 9.17) is 10.5 Å². The van der Waals surface area contributed by atoms with E-state index in [-0.39, 0.29) is 17.4 Å². The number of aromatic amines is 1. The number of nitrogen functional groups attached to an aromatic ring is 1. The van der Waals surface area contributed by atoms with Gasteiger partial charge < -0.3 is 20.7 Å². The number of anilines is 2. The van der Waals surface area contributed by atoms with Gasteiger partial charge in [-0.2, -0.15) is 0 Å². The SMILES string of the molecule is CC(Nc1c(N)n(C)c(=O)[nH]c1=O)C(=O)N1CCOCC1. The molecule has 1 saturated heterocycles. The Hall–Kier alpha value is -2.29. The predicted molar refractivity (Wildman–Crippen MR) is 77.2 cm³/mol. The standard InChI is InChI=1S/C12H19N5O4/c1-7(11(19)17-3-5-21-6-4-17)14-8-9(13)16(2)12(20)15-10(8)18/h7,14H,3-6,13H2,1-2H3,(H,15,18,20). The first kappa shape index (κ1) is 15.1. The van der Waals surface area contributed by atoms with E-state index in [2.05, 4.69) is 10.3 Å². The highest BCUT2D eigenvalue weighted by Crippen LogP contribution is 2.11.